The molecule has 1 aromatic carbocycles. The van der Waals surface area contributed by atoms with Gasteiger partial charge in [-0.2, -0.15) is 0 Å². The summed E-state index contributed by atoms with van der Waals surface area (Å²) in [5.41, 5.74) is 0.943. The summed E-state index contributed by atoms with van der Waals surface area (Å²) in [5.74, 6) is 0. The topological polar surface area (TPSA) is 112 Å². The van der Waals surface area contributed by atoms with Gasteiger partial charge >= 0.3 is 6.09 Å². The standard InChI is InChI=1S/C30H52INO10/c31-10-6-1-2-7-12-34-14-16-36-18-20-38-22-24-40-26-27-41-25-23-39-21-19-37-17-15-35-13-11-32-30(33)42-28-29-8-4-3-5-9-29/h3-5,8-9H,1-2,6-7,10-28H2,(H,32,33). The molecule has 244 valence electrons. The highest BCUT2D eigenvalue weighted by molar-refractivity contribution is 14.1. The number of alkyl carbamates (subject to hydrolysis) is 1. The lowest BCUT2D eigenvalue weighted by Crippen LogP contribution is -2.28. The van der Waals surface area contributed by atoms with Gasteiger partial charge in [-0.1, -0.05) is 65.8 Å². The molecule has 0 saturated carbocycles. The van der Waals surface area contributed by atoms with Gasteiger partial charge in [-0.15, -0.1) is 0 Å². The molecule has 12 heteroatoms. The molecule has 0 atom stereocenters. The Morgan fingerprint density at radius 3 is 1.38 bits per heavy atom. The summed E-state index contributed by atoms with van der Waals surface area (Å²) in [6.07, 6.45) is 4.51. The van der Waals surface area contributed by atoms with E-state index in [9.17, 15) is 4.79 Å². The number of ether oxygens (including phenoxy) is 9. The van der Waals surface area contributed by atoms with Crippen molar-refractivity contribution in [1.29, 1.82) is 0 Å². The van der Waals surface area contributed by atoms with E-state index in [1.54, 1.807) is 0 Å². The molecule has 1 N–H and O–H groups in total. The number of nitrogens with one attached hydrogen (secondary N) is 1. The number of amides is 1. The van der Waals surface area contributed by atoms with Crippen molar-refractivity contribution in [2.24, 2.45) is 0 Å². The molecule has 0 spiro atoms. The predicted molar refractivity (Wildman–Crippen MR) is 169 cm³/mol. The largest absolute Gasteiger partial charge is 0.445 e. The highest BCUT2D eigenvalue weighted by Gasteiger charge is 2.02. The lowest BCUT2D eigenvalue weighted by Gasteiger charge is -2.09. The van der Waals surface area contributed by atoms with Gasteiger partial charge in [0.05, 0.1) is 99.1 Å². The summed E-state index contributed by atoms with van der Waals surface area (Å²) >= 11 is 2.42. The monoisotopic (exact) mass is 713 g/mol. The smallest absolute Gasteiger partial charge is 0.407 e. The first-order valence-corrected chi connectivity index (χ1v) is 16.5. The minimum absolute atomic E-state index is 0.244. The SMILES string of the molecule is O=C(NCCOCCOCCOCCOCCOCCOCCOCCOCCCCCCI)OCc1ccccc1. The van der Waals surface area contributed by atoms with E-state index >= 15 is 0 Å². The molecule has 0 unspecified atom stereocenters. The quantitative estimate of drug-likeness (QED) is 0.0668. The van der Waals surface area contributed by atoms with Crippen LogP contribution in [0.3, 0.4) is 0 Å². The second-order valence-electron chi connectivity index (χ2n) is 8.99. The van der Waals surface area contributed by atoms with Crippen LogP contribution in [0.5, 0.6) is 0 Å². The zero-order chi connectivity index (χ0) is 30.0. The molecule has 11 nitrogen and oxygen atoms in total. The Labute approximate surface area is 265 Å². The lowest BCUT2D eigenvalue weighted by atomic mass is 10.2. The number of rotatable bonds is 32. The van der Waals surface area contributed by atoms with Crippen LogP contribution in [0.15, 0.2) is 30.3 Å². The summed E-state index contributed by atoms with van der Waals surface area (Å²) in [6.45, 7) is 9.15. The van der Waals surface area contributed by atoms with Crippen LogP contribution in [0.4, 0.5) is 4.79 Å². The lowest BCUT2D eigenvalue weighted by molar-refractivity contribution is -0.0230. The van der Waals surface area contributed by atoms with E-state index < -0.39 is 6.09 Å². The molecular formula is C30H52INO10. The normalized spacial score (nSPS) is 11.2. The van der Waals surface area contributed by atoms with E-state index in [0.717, 1.165) is 18.6 Å². The number of carbonyl (C=O) groups excluding carboxylic acids is 1. The fraction of sp³-hybridized carbons (Fsp3) is 0.767. The van der Waals surface area contributed by atoms with Crippen LogP contribution in [-0.4, -0.2) is 123 Å². The molecule has 0 aliphatic heterocycles. The summed E-state index contributed by atoms with van der Waals surface area (Å²) in [7, 11) is 0. The minimum atomic E-state index is -0.463. The number of halogens is 1. The van der Waals surface area contributed by atoms with Gasteiger partial charge in [-0.25, -0.2) is 4.79 Å². The van der Waals surface area contributed by atoms with Crippen molar-refractivity contribution in [3.63, 3.8) is 0 Å². The van der Waals surface area contributed by atoms with Crippen molar-refractivity contribution < 1.29 is 47.4 Å². The highest BCUT2D eigenvalue weighted by Crippen LogP contribution is 2.02. The summed E-state index contributed by atoms with van der Waals surface area (Å²) < 4.78 is 50.2. The first-order chi connectivity index (χ1) is 20.8. The third-order valence-electron chi connectivity index (χ3n) is 5.50. The van der Waals surface area contributed by atoms with Crippen LogP contribution in [0.2, 0.25) is 0 Å². The van der Waals surface area contributed by atoms with Gasteiger partial charge < -0.3 is 47.9 Å². The minimum Gasteiger partial charge on any atom is -0.445 e. The van der Waals surface area contributed by atoms with Crippen LogP contribution in [0.25, 0.3) is 0 Å². The van der Waals surface area contributed by atoms with Crippen LogP contribution in [0.1, 0.15) is 31.2 Å². The van der Waals surface area contributed by atoms with Gasteiger partial charge in [0, 0.05) is 13.2 Å². The summed E-state index contributed by atoms with van der Waals surface area (Å²) in [5, 5.41) is 2.64. The number of alkyl halides is 1. The average molecular weight is 714 g/mol. The number of hydrogen-bond donors (Lipinski definition) is 1. The zero-order valence-electron chi connectivity index (χ0n) is 25.1. The van der Waals surface area contributed by atoms with E-state index in [2.05, 4.69) is 27.9 Å². The Balaban J connectivity index is 1.65. The maximum Gasteiger partial charge on any atom is 0.407 e. The highest BCUT2D eigenvalue weighted by atomic mass is 127. The van der Waals surface area contributed by atoms with Crippen molar-refractivity contribution in [2.75, 3.05) is 117 Å². The second kappa shape index (κ2) is 32.8. The average Bonchev–Trinajstić information content (AvgIpc) is 3.01. The first-order valence-electron chi connectivity index (χ1n) is 15.0. The number of carbonyl (C=O) groups is 1. The molecular weight excluding hydrogens is 661 g/mol. The number of unbranched alkanes of at least 4 members (excludes halogenated alkanes) is 3. The van der Waals surface area contributed by atoms with Crippen LogP contribution < -0.4 is 5.32 Å². The van der Waals surface area contributed by atoms with E-state index in [-0.39, 0.29) is 6.61 Å². The fourth-order valence-corrected chi connectivity index (χ4v) is 3.83. The molecule has 0 aliphatic rings. The molecule has 0 aliphatic carbocycles. The Morgan fingerprint density at radius 2 is 0.929 bits per heavy atom. The number of benzene rings is 1. The zero-order valence-corrected chi connectivity index (χ0v) is 27.3. The van der Waals surface area contributed by atoms with Gasteiger partial charge in [-0.3, -0.25) is 0 Å². The van der Waals surface area contributed by atoms with Crippen LogP contribution in [0, 0.1) is 0 Å². The van der Waals surface area contributed by atoms with E-state index in [0.29, 0.717) is 106 Å². The Bertz CT molecular complexity index is 689. The Morgan fingerprint density at radius 1 is 0.524 bits per heavy atom. The van der Waals surface area contributed by atoms with Gasteiger partial charge in [0.25, 0.3) is 0 Å². The van der Waals surface area contributed by atoms with Crippen LogP contribution >= 0.6 is 22.6 Å². The molecule has 0 bridgehead atoms. The Hall–Kier alpha value is -1.10. The number of hydrogen-bond acceptors (Lipinski definition) is 10. The van der Waals surface area contributed by atoms with Gasteiger partial charge in [0.15, 0.2) is 0 Å². The molecule has 0 saturated heterocycles. The maximum absolute atomic E-state index is 11.6. The van der Waals surface area contributed by atoms with Gasteiger partial charge in [0.1, 0.15) is 6.61 Å². The molecule has 0 radical (unpaired) electrons. The third kappa shape index (κ3) is 29.0. The van der Waals surface area contributed by atoms with Crippen molar-refractivity contribution in [3.05, 3.63) is 35.9 Å². The van der Waals surface area contributed by atoms with Crippen molar-refractivity contribution >= 4 is 28.7 Å². The first kappa shape index (κ1) is 38.9. The third-order valence-corrected chi connectivity index (χ3v) is 6.27. The molecule has 1 amide bonds. The van der Waals surface area contributed by atoms with Gasteiger partial charge in [-0.05, 0) is 22.8 Å². The van der Waals surface area contributed by atoms with E-state index in [1.807, 2.05) is 30.3 Å². The molecule has 0 aromatic heterocycles. The molecule has 0 heterocycles. The van der Waals surface area contributed by atoms with Gasteiger partial charge in [0.2, 0.25) is 0 Å². The fourth-order valence-electron chi connectivity index (χ4n) is 3.29. The van der Waals surface area contributed by atoms with Crippen LogP contribution in [-0.2, 0) is 49.2 Å². The molecule has 42 heavy (non-hydrogen) atoms. The van der Waals surface area contributed by atoms with Crippen molar-refractivity contribution in [3.8, 4) is 0 Å². The van der Waals surface area contributed by atoms with Crippen molar-refractivity contribution in [2.45, 2.75) is 32.3 Å². The van der Waals surface area contributed by atoms with E-state index in [1.165, 1.54) is 23.7 Å². The second-order valence-corrected chi connectivity index (χ2v) is 10.1. The summed E-state index contributed by atoms with van der Waals surface area (Å²) in [6, 6.07) is 9.52. The van der Waals surface area contributed by atoms with E-state index in [4.69, 9.17) is 42.6 Å². The van der Waals surface area contributed by atoms with Crippen molar-refractivity contribution in [1.82, 2.24) is 5.32 Å². The maximum atomic E-state index is 11.6. The predicted octanol–water partition coefficient (Wildman–Crippen LogP) is 4.04. The molecule has 0 fully saturated rings. The molecule has 1 rings (SSSR count). The Kier molecular flexibility index (Phi) is 30.4. The molecule has 1 aromatic rings. The summed E-state index contributed by atoms with van der Waals surface area (Å²) in [4.78, 5) is 11.6.